The first-order valence-electron chi connectivity index (χ1n) is 11.0. The second kappa shape index (κ2) is 13.4. The maximum Gasteiger partial charge on any atom is 0.573 e. The zero-order valence-electron chi connectivity index (χ0n) is 20.3. The molecule has 2 aromatic carbocycles. The Morgan fingerprint density at radius 1 is 1.17 bits per heavy atom. The van der Waals surface area contributed by atoms with Gasteiger partial charge < -0.3 is 20.2 Å². The van der Waals surface area contributed by atoms with Gasteiger partial charge in [0.25, 0.3) is 0 Å². The van der Waals surface area contributed by atoms with Crippen molar-refractivity contribution in [3.05, 3.63) is 66.0 Å². The maximum absolute atomic E-state index is 12.1. The monoisotopic (exact) mass is 522 g/mol. The van der Waals surface area contributed by atoms with Crippen LogP contribution in [0.1, 0.15) is 45.0 Å². The summed E-state index contributed by atoms with van der Waals surface area (Å²) in [7, 11) is 0. The number of rotatable bonds is 7. The molecule has 8 nitrogen and oxygen atoms in total. The number of thiocarbonyl (C=S) groups is 1. The molecule has 4 N–H and O–H groups in total. The highest BCUT2D eigenvalue weighted by molar-refractivity contribution is 7.80. The van der Waals surface area contributed by atoms with Crippen molar-refractivity contribution in [2.75, 3.05) is 11.9 Å². The van der Waals surface area contributed by atoms with E-state index < -0.39 is 6.36 Å². The van der Waals surface area contributed by atoms with Gasteiger partial charge in [0.15, 0.2) is 10.9 Å². The molecule has 0 aliphatic heterocycles. The van der Waals surface area contributed by atoms with E-state index in [0.29, 0.717) is 29.1 Å². The lowest BCUT2D eigenvalue weighted by molar-refractivity contribution is -0.274. The van der Waals surface area contributed by atoms with E-state index in [-0.39, 0.29) is 11.8 Å². The number of aromatic nitrogens is 3. The summed E-state index contributed by atoms with van der Waals surface area (Å²) in [5.41, 5.74) is 5.15. The Morgan fingerprint density at radius 3 is 2.39 bits per heavy atom. The summed E-state index contributed by atoms with van der Waals surface area (Å²) >= 11 is 4.94. The molecule has 0 fully saturated rings. The van der Waals surface area contributed by atoms with Crippen LogP contribution >= 0.6 is 12.2 Å². The minimum atomic E-state index is -4.72. The van der Waals surface area contributed by atoms with Crippen LogP contribution in [0.3, 0.4) is 0 Å². The van der Waals surface area contributed by atoms with Crippen LogP contribution in [-0.2, 0) is 0 Å². The number of ether oxygens (including phenoxy) is 2. The number of allylic oxidation sites excluding steroid dienone is 1. The third-order valence-electron chi connectivity index (χ3n) is 4.46. The van der Waals surface area contributed by atoms with Crippen molar-refractivity contribution >= 4 is 29.1 Å². The fourth-order valence-electron chi connectivity index (χ4n) is 2.99. The molecule has 1 heterocycles. The number of anilines is 1. The molecule has 0 amide bonds. The Balaban J connectivity index is 0.000000281. The first kappa shape index (κ1) is 28.6. The Kier molecular flexibility index (Phi) is 10.7. The second-order valence-corrected chi connectivity index (χ2v) is 7.89. The van der Waals surface area contributed by atoms with Crippen molar-refractivity contribution < 1.29 is 22.6 Å². The molecule has 0 spiro atoms. The zero-order chi connectivity index (χ0) is 26.7. The first-order valence-corrected chi connectivity index (χ1v) is 11.4. The highest BCUT2D eigenvalue weighted by Gasteiger charge is 2.31. The van der Waals surface area contributed by atoms with Crippen LogP contribution in [0.25, 0.3) is 11.8 Å². The summed E-state index contributed by atoms with van der Waals surface area (Å²) < 4.78 is 47.0. The Morgan fingerprint density at radius 2 is 1.83 bits per heavy atom. The number of benzene rings is 2. The van der Waals surface area contributed by atoms with E-state index in [1.54, 1.807) is 19.1 Å². The molecule has 0 aliphatic rings. The molecule has 36 heavy (non-hydrogen) atoms. The summed E-state index contributed by atoms with van der Waals surface area (Å²) in [6.07, 6.45) is -1.25. The van der Waals surface area contributed by atoms with Gasteiger partial charge in [0.1, 0.15) is 5.75 Å². The van der Waals surface area contributed by atoms with E-state index in [4.69, 9.17) is 22.8 Å². The molecular formula is C24H29F3N6O2S. The number of hydrogen-bond donors (Lipinski definition) is 3. The third kappa shape index (κ3) is 8.86. The van der Waals surface area contributed by atoms with Crippen LogP contribution < -0.4 is 26.1 Å². The number of nitrogens with two attached hydrogens (primary N) is 1. The fraction of sp³-hybridized carbons (Fsp3) is 0.292. The van der Waals surface area contributed by atoms with Crippen LogP contribution in [0, 0.1) is 0 Å². The van der Waals surface area contributed by atoms with Gasteiger partial charge in [0, 0.05) is 5.69 Å². The second-order valence-electron chi connectivity index (χ2n) is 7.48. The van der Waals surface area contributed by atoms with E-state index in [1.807, 2.05) is 25.1 Å². The predicted molar refractivity (Wildman–Crippen MR) is 138 cm³/mol. The topological polar surface area (TPSA) is 99.2 Å². The number of nitrogens with zero attached hydrogens (tertiary/aromatic N) is 3. The first-order chi connectivity index (χ1) is 17.1. The molecule has 0 unspecified atom stereocenters. The Labute approximate surface area is 213 Å². The van der Waals surface area contributed by atoms with Crippen molar-refractivity contribution in [2.24, 2.45) is 5.84 Å². The summed E-state index contributed by atoms with van der Waals surface area (Å²) in [5, 5.41) is 7.69. The maximum atomic E-state index is 12.1. The van der Waals surface area contributed by atoms with Crippen LogP contribution in [0.4, 0.5) is 18.9 Å². The molecule has 0 saturated carbocycles. The van der Waals surface area contributed by atoms with Gasteiger partial charge in [0.05, 0.1) is 12.3 Å². The van der Waals surface area contributed by atoms with Gasteiger partial charge in [0.2, 0.25) is 0 Å². The van der Waals surface area contributed by atoms with E-state index in [0.717, 1.165) is 5.69 Å². The molecule has 3 aromatic rings. The van der Waals surface area contributed by atoms with Crippen molar-refractivity contribution in [1.29, 1.82) is 0 Å². The molecule has 12 heteroatoms. The fourth-order valence-corrected chi connectivity index (χ4v) is 3.09. The average Bonchev–Trinajstić information content (AvgIpc) is 3.22. The van der Waals surface area contributed by atoms with Crippen molar-refractivity contribution in [2.45, 2.75) is 40.0 Å². The van der Waals surface area contributed by atoms with Gasteiger partial charge in [-0.15, -0.1) is 18.3 Å². The van der Waals surface area contributed by atoms with Gasteiger partial charge in [-0.1, -0.05) is 38.1 Å². The standard InChI is InChI=1S/C14H14F3N3O2.C10H15N3S/c1-3-5-12-18-13(21-4-2)20(19-12)10-6-8-11(9-7-10)22-14(15,16)17;1-7(2)8-5-3-4-6-9(8)12-10(14)13-11/h3,5-9H,4H2,1-2H3;3-7H,11H2,1-2H3,(H2,12,13,14)/b5-3+;. The van der Waals surface area contributed by atoms with E-state index in [2.05, 4.69) is 45.5 Å². The molecule has 0 atom stereocenters. The number of alkyl halides is 3. The Bertz CT molecular complexity index is 1150. The summed E-state index contributed by atoms with van der Waals surface area (Å²) in [5.74, 6) is 5.79. The van der Waals surface area contributed by atoms with Gasteiger partial charge in [-0.05, 0) is 74.0 Å². The highest BCUT2D eigenvalue weighted by atomic mass is 32.1. The number of hydrogen-bond acceptors (Lipinski definition) is 6. The number of hydrazine groups is 1. The molecule has 0 saturated heterocycles. The molecule has 0 aliphatic carbocycles. The third-order valence-corrected chi connectivity index (χ3v) is 4.68. The molecule has 194 valence electrons. The SMILES string of the molecule is C/C=C/c1nc(OCC)n(-c2ccc(OC(F)(F)F)cc2)n1.CC(C)c1ccccc1NC(=S)NN. The molecule has 1 aromatic heterocycles. The minimum absolute atomic E-state index is 0.264. The highest BCUT2D eigenvalue weighted by Crippen LogP contribution is 2.25. The van der Waals surface area contributed by atoms with Crippen LogP contribution in [0.5, 0.6) is 11.8 Å². The molecular weight excluding hydrogens is 493 g/mol. The van der Waals surface area contributed by atoms with Gasteiger partial charge >= 0.3 is 12.4 Å². The Hall–Kier alpha value is -3.64. The summed E-state index contributed by atoms with van der Waals surface area (Å²) in [6, 6.07) is 13.6. The summed E-state index contributed by atoms with van der Waals surface area (Å²) in [6.45, 7) is 8.29. The lowest BCUT2D eigenvalue weighted by atomic mass is 10.0. The molecule has 0 bridgehead atoms. The van der Waals surface area contributed by atoms with Crippen molar-refractivity contribution in [3.63, 3.8) is 0 Å². The van der Waals surface area contributed by atoms with E-state index in [1.165, 1.54) is 34.5 Å². The van der Waals surface area contributed by atoms with Crippen LogP contribution in [0.2, 0.25) is 0 Å². The van der Waals surface area contributed by atoms with Gasteiger partial charge in [-0.2, -0.15) is 9.67 Å². The lowest BCUT2D eigenvalue weighted by Gasteiger charge is -2.14. The van der Waals surface area contributed by atoms with E-state index in [9.17, 15) is 13.2 Å². The number of halogens is 3. The van der Waals surface area contributed by atoms with Crippen LogP contribution in [-0.4, -0.2) is 32.8 Å². The molecule has 3 rings (SSSR count). The average molecular weight is 523 g/mol. The van der Waals surface area contributed by atoms with Crippen molar-refractivity contribution in [1.82, 2.24) is 20.2 Å². The largest absolute Gasteiger partial charge is 0.573 e. The van der Waals surface area contributed by atoms with Crippen LogP contribution in [0.15, 0.2) is 54.6 Å². The smallest absolute Gasteiger partial charge is 0.464 e. The molecule has 0 radical (unpaired) electrons. The lowest BCUT2D eigenvalue weighted by Crippen LogP contribution is -2.34. The number of nitrogens with one attached hydrogen (secondary N) is 2. The van der Waals surface area contributed by atoms with Gasteiger partial charge in [-0.3, -0.25) is 0 Å². The van der Waals surface area contributed by atoms with Crippen molar-refractivity contribution in [3.8, 4) is 17.4 Å². The predicted octanol–water partition coefficient (Wildman–Crippen LogP) is 5.57. The summed E-state index contributed by atoms with van der Waals surface area (Å²) in [4.78, 5) is 4.18. The van der Waals surface area contributed by atoms with Gasteiger partial charge in [-0.25, -0.2) is 5.84 Å². The quantitative estimate of drug-likeness (QED) is 0.211. The van der Waals surface area contributed by atoms with E-state index >= 15 is 0 Å². The zero-order valence-corrected chi connectivity index (χ0v) is 21.2. The normalized spacial score (nSPS) is 11.1. The number of para-hydroxylation sites is 1. The minimum Gasteiger partial charge on any atom is -0.464 e.